The molecule has 1 aliphatic heterocycles. The van der Waals surface area contributed by atoms with Gasteiger partial charge < -0.3 is 9.64 Å². The molecule has 1 aliphatic rings. The standard InChI is InChI=1S/C15H22N2O4S/c1-11-9-13(15(18)17-5-7-21-8-6-17)10-14(12(11)2)22(19,20)16(3)4/h9-10H,5-8H2,1-4H3. The molecule has 2 rings (SSSR count). The van der Waals surface area contributed by atoms with Gasteiger partial charge in [0.1, 0.15) is 0 Å². The van der Waals surface area contributed by atoms with E-state index in [0.29, 0.717) is 37.4 Å². The van der Waals surface area contributed by atoms with Crippen molar-refractivity contribution in [3.63, 3.8) is 0 Å². The van der Waals surface area contributed by atoms with Crippen LogP contribution in [-0.2, 0) is 14.8 Å². The summed E-state index contributed by atoms with van der Waals surface area (Å²) in [6.07, 6.45) is 0. The molecule has 22 heavy (non-hydrogen) atoms. The van der Waals surface area contributed by atoms with E-state index in [1.54, 1.807) is 17.9 Å². The molecular weight excluding hydrogens is 304 g/mol. The van der Waals surface area contributed by atoms with E-state index in [-0.39, 0.29) is 10.8 Å². The van der Waals surface area contributed by atoms with Crippen LogP contribution in [0, 0.1) is 13.8 Å². The molecule has 0 saturated carbocycles. The molecule has 1 fully saturated rings. The van der Waals surface area contributed by atoms with Crippen molar-refractivity contribution in [2.24, 2.45) is 0 Å². The maximum Gasteiger partial charge on any atom is 0.254 e. The van der Waals surface area contributed by atoms with Crippen LogP contribution in [0.1, 0.15) is 21.5 Å². The SMILES string of the molecule is Cc1cc(C(=O)N2CCOCC2)cc(S(=O)(=O)N(C)C)c1C. The molecular formula is C15H22N2O4S. The second-order valence-corrected chi connectivity index (χ2v) is 7.73. The third-order valence-corrected chi connectivity index (χ3v) is 5.86. The van der Waals surface area contributed by atoms with Crippen molar-refractivity contribution in [2.75, 3.05) is 40.4 Å². The molecule has 0 unspecified atom stereocenters. The van der Waals surface area contributed by atoms with Gasteiger partial charge in [-0.2, -0.15) is 0 Å². The van der Waals surface area contributed by atoms with Gasteiger partial charge in [0, 0.05) is 32.7 Å². The monoisotopic (exact) mass is 326 g/mol. The molecule has 6 nitrogen and oxygen atoms in total. The number of morpholine rings is 1. The van der Waals surface area contributed by atoms with Gasteiger partial charge in [-0.1, -0.05) is 0 Å². The minimum Gasteiger partial charge on any atom is -0.378 e. The van der Waals surface area contributed by atoms with E-state index in [0.717, 1.165) is 9.87 Å². The number of rotatable bonds is 3. The van der Waals surface area contributed by atoms with Gasteiger partial charge in [-0.15, -0.1) is 0 Å². The van der Waals surface area contributed by atoms with Crippen molar-refractivity contribution in [1.82, 2.24) is 9.21 Å². The highest BCUT2D eigenvalue weighted by molar-refractivity contribution is 7.89. The van der Waals surface area contributed by atoms with Crippen molar-refractivity contribution in [2.45, 2.75) is 18.7 Å². The van der Waals surface area contributed by atoms with E-state index in [1.165, 1.54) is 20.2 Å². The fraction of sp³-hybridized carbons (Fsp3) is 0.533. The normalized spacial score (nSPS) is 16.1. The molecule has 1 heterocycles. The molecule has 1 saturated heterocycles. The number of amides is 1. The summed E-state index contributed by atoms with van der Waals surface area (Å²) in [5, 5.41) is 0. The van der Waals surface area contributed by atoms with E-state index in [4.69, 9.17) is 4.74 Å². The Balaban J connectivity index is 2.46. The number of sulfonamides is 1. The maximum atomic E-state index is 12.6. The van der Waals surface area contributed by atoms with Crippen LogP contribution >= 0.6 is 0 Å². The number of ether oxygens (including phenoxy) is 1. The highest BCUT2D eigenvalue weighted by atomic mass is 32.2. The molecule has 1 aromatic carbocycles. The zero-order valence-electron chi connectivity index (χ0n) is 13.4. The highest BCUT2D eigenvalue weighted by Crippen LogP contribution is 2.24. The minimum atomic E-state index is -3.58. The zero-order chi connectivity index (χ0) is 16.5. The fourth-order valence-electron chi connectivity index (χ4n) is 2.36. The number of hydrogen-bond donors (Lipinski definition) is 0. The Labute approximate surface area is 131 Å². The number of benzene rings is 1. The summed E-state index contributed by atoms with van der Waals surface area (Å²) in [5.74, 6) is -0.151. The Morgan fingerprint density at radius 3 is 2.32 bits per heavy atom. The lowest BCUT2D eigenvalue weighted by atomic mass is 10.1. The van der Waals surface area contributed by atoms with Crippen LogP contribution in [0.15, 0.2) is 17.0 Å². The van der Waals surface area contributed by atoms with Crippen molar-refractivity contribution in [1.29, 1.82) is 0 Å². The third-order valence-electron chi connectivity index (χ3n) is 3.92. The number of aryl methyl sites for hydroxylation is 1. The van der Waals surface area contributed by atoms with Gasteiger partial charge in [-0.05, 0) is 37.1 Å². The summed E-state index contributed by atoms with van der Waals surface area (Å²) in [7, 11) is -0.606. The molecule has 0 N–H and O–H groups in total. The number of carbonyl (C=O) groups is 1. The van der Waals surface area contributed by atoms with Crippen LogP contribution in [0.4, 0.5) is 0 Å². The number of nitrogens with zero attached hydrogens (tertiary/aromatic N) is 2. The van der Waals surface area contributed by atoms with Crippen LogP contribution in [-0.4, -0.2) is 63.9 Å². The van der Waals surface area contributed by atoms with Gasteiger partial charge in [0.15, 0.2) is 0 Å². The highest BCUT2D eigenvalue weighted by Gasteiger charge is 2.25. The van der Waals surface area contributed by atoms with Gasteiger partial charge in [0.25, 0.3) is 5.91 Å². The van der Waals surface area contributed by atoms with E-state index in [2.05, 4.69) is 0 Å². The van der Waals surface area contributed by atoms with Crippen LogP contribution in [0.5, 0.6) is 0 Å². The van der Waals surface area contributed by atoms with Crippen LogP contribution in [0.25, 0.3) is 0 Å². The lowest BCUT2D eigenvalue weighted by Gasteiger charge is -2.27. The number of carbonyl (C=O) groups excluding carboxylic acids is 1. The molecule has 0 atom stereocenters. The van der Waals surface area contributed by atoms with Crippen LogP contribution < -0.4 is 0 Å². The van der Waals surface area contributed by atoms with Gasteiger partial charge in [-0.25, -0.2) is 12.7 Å². The topological polar surface area (TPSA) is 66.9 Å². The first kappa shape index (κ1) is 16.9. The molecule has 122 valence electrons. The summed E-state index contributed by atoms with van der Waals surface area (Å²) in [5.41, 5.74) is 1.87. The minimum absolute atomic E-state index is 0.151. The average Bonchev–Trinajstić information content (AvgIpc) is 2.49. The average molecular weight is 326 g/mol. The van der Waals surface area contributed by atoms with Crippen LogP contribution in [0.2, 0.25) is 0 Å². The smallest absolute Gasteiger partial charge is 0.254 e. The van der Waals surface area contributed by atoms with E-state index < -0.39 is 10.0 Å². The van der Waals surface area contributed by atoms with E-state index >= 15 is 0 Å². The number of hydrogen-bond acceptors (Lipinski definition) is 4. The molecule has 7 heteroatoms. The summed E-state index contributed by atoms with van der Waals surface area (Å²) in [4.78, 5) is 14.5. The fourth-order valence-corrected chi connectivity index (χ4v) is 3.58. The first-order valence-electron chi connectivity index (χ1n) is 7.16. The molecule has 0 aliphatic carbocycles. The van der Waals surface area contributed by atoms with E-state index in [9.17, 15) is 13.2 Å². The van der Waals surface area contributed by atoms with Gasteiger partial charge in [-0.3, -0.25) is 4.79 Å². The Bertz CT molecular complexity index is 677. The molecule has 1 amide bonds. The Morgan fingerprint density at radius 2 is 1.77 bits per heavy atom. The molecule has 0 aromatic heterocycles. The van der Waals surface area contributed by atoms with Crippen molar-refractivity contribution in [3.8, 4) is 0 Å². The lowest BCUT2D eigenvalue weighted by Crippen LogP contribution is -2.40. The van der Waals surface area contributed by atoms with Crippen molar-refractivity contribution < 1.29 is 17.9 Å². The largest absolute Gasteiger partial charge is 0.378 e. The van der Waals surface area contributed by atoms with E-state index in [1.807, 2.05) is 6.92 Å². The van der Waals surface area contributed by atoms with Crippen molar-refractivity contribution in [3.05, 3.63) is 28.8 Å². The Morgan fingerprint density at radius 1 is 1.18 bits per heavy atom. The predicted octanol–water partition coefficient (Wildman–Crippen LogP) is 1.03. The Hall–Kier alpha value is -1.44. The summed E-state index contributed by atoms with van der Waals surface area (Å²) < 4.78 is 31.3. The summed E-state index contributed by atoms with van der Waals surface area (Å²) in [6, 6.07) is 3.23. The van der Waals surface area contributed by atoms with Crippen molar-refractivity contribution >= 4 is 15.9 Å². The molecule has 0 spiro atoms. The second-order valence-electron chi connectivity index (χ2n) is 5.61. The summed E-state index contributed by atoms with van der Waals surface area (Å²) in [6.45, 7) is 5.66. The summed E-state index contributed by atoms with van der Waals surface area (Å²) >= 11 is 0. The first-order valence-corrected chi connectivity index (χ1v) is 8.60. The molecule has 1 aromatic rings. The second kappa shape index (κ2) is 6.36. The zero-order valence-corrected chi connectivity index (χ0v) is 14.2. The van der Waals surface area contributed by atoms with Crippen LogP contribution in [0.3, 0.4) is 0 Å². The quantitative estimate of drug-likeness (QED) is 0.832. The van der Waals surface area contributed by atoms with Gasteiger partial charge in [0.2, 0.25) is 10.0 Å². The third kappa shape index (κ3) is 3.16. The molecule has 0 bridgehead atoms. The van der Waals surface area contributed by atoms with Gasteiger partial charge in [0.05, 0.1) is 18.1 Å². The predicted molar refractivity (Wildman–Crippen MR) is 83.5 cm³/mol. The lowest BCUT2D eigenvalue weighted by molar-refractivity contribution is 0.0302. The maximum absolute atomic E-state index is 12.6. The molecule has 0 radical (unpaired) electrons. The first-order chi connectivity index (χ1) is 10.2. The van der Waals surface area contributed by atoms with Gasteiger partial charge >= 0.3 is 0 Å². The Kier molecular flexibility index (Phi) is 4.89.